The van der Waals surface area contributed by atoms with Crippen molar-refractivity contribution in [2.75, 3.05) is 13.7 Å². The van der Waals surface area contributed by atoms with Gasteiger partial charge in [0, 0.05) is 19.1 Å². The third-order valence-corrected chi connectivity index (χ3v) is 4.43. The van der Waals surface area contributed by atoms with E-state index < -0.39 is 0 Å². The first kappa shape index (κ1) is 24.7. The first-order valence-corrected chi connectivity index (χ1v) is 9.53. The van der Waals surface area contributed by atoms with Gasteiger partial charge in [0.1, 0.15) is 0 Å². The van der Waals surface area contributed by atoms with Crippen LogP contribution in [0, 0.1) is 63.7 Å². The van der Waals surface area contributed by atoms with Gasteiger partial charge in [0.05, 0.1) is 12.6 Å². The molecule has 2 nitrogen and oxygen atoms in total. The SMILES string of the molecule is CCCC[C@H](N[C@H](COC)c1ccccc1)[C]1[CH][CH][CH][CH]1.[CH]1[CH][CH][CH][CH]1.[Fe+2]. The molecule has 0 unspecified atom stereocenters. The molecular formula is C24H31FeNO+2. The molecule has 0 amide bonds. The van der Waals surface area contributed by atoms with Crippen LogP contribution in [0.5, 0.6) is 0 Å². The number of methoxy groups -OCH3 is 1. The Bertz CT molecular complexity index is 435. The Kier molecular flexibility index (Phi) is 14.2. The number of rotatable bonds is 9. The number of unbranched alkanes of at least 4 members (excludes halogenated alkanes) is 1. The first-order valence-electron chi connectivity index (χ1n) is 9.53. The molecule has 0 aromatic heterocycles. The smallest absolute Gasteiger partial charge is 0.383 e. The molecule has 0 heterocycles. The molecule has 2 saturated carbocycles. The van der Waals surface area contributed by atoms with E-state index in [0.29, 0.717) is 12.6 Å². The van der Waals surface area contributed by atoms with Gasteiger partial charge >= 0.3 is 17.1 Å². The van der Waals surface area contributed by atoms with Crippen molar-refractivity contribution in [3.8, 4) is 0 Å². The van der Waals surface area contributed by atoms with Crippen molar-refractivity contribution in [3.05, 3.63) is 99.6 Å². The fourth-order valence-corrected chi connectivity index (χ4v) is 3.03. The molecule has 2 aliphatic carbocycles. The molecule has 0 aliphatic heterocycles. The topological polar surface area (TPSA) is 21.3 Å². The van der Waals surface area contributed by atoms with Crippen molar-refractivity contribution >= 4 is 0 Å². The van der Waals surface area contributed by atoms with Crippen molar-refractivity contribution in [2.24, 2.45) is 0 Å². The maximum absolute atomic E-state index is 5.42. The quantitative estimate of drug-likeness (QED) is 0.588. The molecule has 1 aromatic carbocycles. The predicted molar refractivity (Wildman–Crippen MR) is 109 cm³/mol. The van der Waals surface area contributed by atoms with Crippen LogP contribution in [-0.4, -0.2) is 19.8 Å². The second-order valence-corrected chi connectivity index (χ2v) is 6.46. The van der Waals surface area contributed by atoms with E-state index in [-0.39, 0.29) is 23.1 Å². The van der Waals surface area contributed by atoms with Crippen LogP contribution >= 0.6 is 0 Å². The van der Waals surface area contributed by atoms with Crippen molar-refractivity contribution in [1.82, 2.24) is 5.32 Å². The summed E-state index contributed by atoms with van der Waals surface area (Å²) < 4.78 is 5.42. The van der Waals surface area contributed by atoms with Crippen LogP contribution in [0.4, 0.5) is 0 Å². The minimum atomic E-state index is 0. The Balaban J connectivity index is 0.000000526. The molecule has 1 aromatic rings. The van der Waals surface area contributed by atoms with Gasteiger partial charge < -0.3 is 10.1 Å². The minimum Gasteiger partial charge on any atom is -0.383 e. The molecule has 0 spiro atoms. The summed E-state index contributed by atoms with van der Waals surface area (Å²) in [7, 11) is 1.77. The Morgan fingerprint density at radius 2 is 1.44 bits per heavy atom. The maximum Gasteiger partial charge on any atom is 2.00 e. The van der Waals surface area contributed by atoms with Crippen LogP contribution in [0.15, 0.2) is 30.3 Å². The van der Waals surface area contributed by atoms with Crippen LogP contribution in [0.2, 0.25) is 0 Å². The first-order chi connectivity index (χ1) is 12.8. The van der Waals surface area contributed by atoms with Gasteiger partial charge in [-0.2, -0.15) is 0 Å². The zero-order valence-electron chi connectivity index (χ0n) is 16.3. The van der Waals surface area contributed by atoms with E-state index in [1.165, 1.54) is 24.3 Å². The monoisotopic (exact) mass is 405 g/mol. The standard InChI is InChI=1S/C19H26NO.C5H5.Fe/c1-3-4-14-18(16-12-8-9-13-16)20-19(15-21-2)17-10-6-5-7-11-17;1-2-4-5-3-1;/h5-13,18-20H,3-4,14-15H2,1-2H3;1-5H;/q;;+2/t18-,19+;;/m0../s1. The molecule has 144 valence electrons. The number of hydrogen-bond donors (Lipinski definition) is 1. The van der Waals surface area contributed by atoms with Crippen molar-refractivity contribution in [1.29, 1.82) is 0 Å². The fourth-order valence-electron chi connectivity index (χ4n) is 3.03. The van der Waals surface area contributed by atoms with Crippen molar-refractivity contribution in [3.63, 3.8) is 0 Å². The molecule has 2 atom stereocenters. The second kappa shape index (κ2) is 15.6. The average Bonchev–Trinajstić information content (AvgIpc) is 3.41. The van der Waals surface area contributed by atoms with Crippen LogP contribution in [0.1, 0.15) is 37.8 Å². The zero-order valence-corrected chi connectivity index (χ0v) is 17.4. The van der Waals surface area contributed by atoms with Gasteiger partial charge in [-0.1, -0.05) is 50.1 Å². The normalized spacial score (nSPS) is 19.0. The van der Waals surface area contributed by atoms with Gasteiger partial charge in [0.25, 0.3) is 0 Å². The van der Waals surface area contributed by atoms with E-state index in [4.69, 9.17) is 4.74 Å². The van der Waals surface area contributed by atoms with Gasteiger partial charge in [-0.25, -0.2) is 0 Å². The van der Waals surface area contributed by atoms with Crippen LogP contribution < -0.4 is 5.32 Å². The van der Waals surface area contributed by atoms with Crippen molar-refractivity contribution < 1.29 is 21.8 Å². The Hall–Kier alpha value is -0.341. The summed E-state index contributed by atoms with van der Waals surface area (Å²) in [6, 6.07) is 11.2. The molecule has 3 heteroatoms. The van der Waals surface area contributed by atoms with Gasteiger partial charge in [-0.05, 0) is 69.8 Å². The molecule has 3 rings (SSSR count). The second-order valence-electron chi connectivity index (χ2n) is 6.46. The molecule has 0 saturated heterocycles. The molecule has 10 radical (unpaired) electrons. The average molecular weight is 405 g/mol. The molecule has 27 heavy (non-hydrogen) atoms. The van der Waals surface area contributed by atoms with Crippen LogP contribution in [0.25, 0.3) is 0 Å². The molecule has 2 fully saturated rings. The maximum atomic E-state index is 5.42. The van der Waals surface area contributed by atoms with Crippen LogP contribution in [-0.2, 0) is 21.8 Å². The summed E-state index contributed by atoms with van der Waals surface area (Å²) in [4.78, 5) is 0. The van der Waals surface area contributed by atoms with Gasteiger partial charge in [0.15, 0.2) is 0 Å². The van der Waals surface area contributed by atoms with Gasteiger partial charge in [-0.3, -0.25) is 0 Å². The number of hydrogen-bond acceptors (Lipinski definition) is 2. The summed E-state index contributed by atoms with van der Waals surface area (Å²) in [6.45, 7) is 2.93. The Morgan fingerprint density at radius 1 is 0.852 bits per heavy atom. The number of benzene rings is 1. The van der Waals surface area contributed by atoms with Gasteiger partial charge in [0.2, 0.25) is 0 Å². The van der Waals surface area contributed by atoms with Crippen molar-refractivity contribution in [2.45, 2.75) is 38.3 Å². The largest absolute Gasteiger partial charge is 2.00 e. The summed E-state index contributed by atoms with van der Waals surface area (Å²) in [6.07, 6.45) is 22.3. The van der Waals surface area contributed by atoms with E-state index in [9.17, 15) is 0 Å². The predicted octanol–water partition coefficient (Wildman–Crippen LogP) is 4.95. The van der Waals surface area contributed by atoms with Gasteiger partial charge in [-0.15, -0.1) is 0 Å². The summed E-state index contributed by atoms with van der Waals surface area (Å²) in [5.74, 6) is 1.38. The zero-order chi connectivity index (χ0) is 18.5. The van der Waals surface area contributed by atoms with Crippen LogP contribution in [0.3, 0.4) is 0 Å². The van der Waals surface area contributed by atoms with E-state index >= 15 is 0 Å². The number of ether oxygens (including phenoxy) is 1. The fraction of sp³-hybridized carbons (Fsp3) is 0.333. The molecule has 1 N–H and O–H groups in total. The van der Waals surface area contributed by atoms with E-state index in [0.717, 1.165) is 6.42 Å². The van der Waals surface area contributed by atoms with E-state index in [1.54, 1.807) is 7.11 Å². The third kappa shape index (κ3) is 9.61. The number of nitrogens with one attached hydrogen (secondary N) is 1. The van der Waals surface area contributed by atoms with E-state index in [1.807, 2.05) is 32.1 Å². The summed E-state index contributed by atoms with van der Waals surface area (Å²) >= 11 is 0. The summed E-state index contributed by atoms with van der Waals surface area (Å²) in [5, 5.41) is 3.78. The molecule has 2 aliphatic rings. The molecule has 0 bridgehead atoms. The molecular weight excluding hydrogens is 374 g/mol. The summed E-state index contributed by atoms with van der Waals surface area (Å²) in [5.41, 5.74) is 1.28. The van der Waals surface area contributed by atoms with E-state index in [2.05, 4.69) is 68.3 Å². The Labute approximate surface area is 178 Å². The third-order valence-electron chi connectivity index (χ3n) is 4.43. The Morgan fingerprint density at radius 3 is 1.96 bits per heavy atom. The minimum absolute atomic E-state index is 0.